The number of benzene rings is 2. The summed E-state index contributed by atoms with van der Waals surface area (Å²) in [6, 6.07) is 15.4. The van der Waals surface area contributed by atoms with E-state index in [-0.39, 0.29) is 18.6 Å². The number of rotatable bonds is 4. The second-order valence-corrected chi connectivity index (χ2v) is 6.29. The van der Waals surface area contributed by atoms with Gasteiger partial charge in [-0.2, -0.15) is 0 Å². The van der Waals surface area contributed by atoms with Crippen LogP contribution < -0.4 is 14.8 Å². The molecule has 5 heteroatoms. The van der Waals surface area contributed by atoms with Crippen LogP contribution in [0.2, 0.25) is 0 Å². The van der Waals surface area contributed by atoms with E-state index in [1.807, 2.05) is 48.5 Å². The second-order valence-electron chi connectivity index (χ2n) is 5.04. The highest BCUT2D eigenvalue weighted by Crippen LogP contribution is 2.31. The van der Waals surface area contributed by atoms with E-state index in [0.29, 0.717) is 12.4 Å². The number of para-hydroxylation sites is 1. The molecule has 1 aliphatic heterocycles. The van der Waals surface area contributed by atoms with Crippen LogP contribution in [-0.2, 0) is 4.79 Å². The zero-order valence-corrected chi connectivity index (χ0v) is 14.1. The van der Waals surface area contributed by atoms with E-state index >= 15 is 0 Å². The van der Waals surface area contributed by atoms with Crippen LogP contribution in [0.3, 0.4) is 0 Å². The highest BCUT2D eigenvalue weighted by Gasteiger charge is 2.22. The molecule has 3 rings (SSSR count). The summed E-state index contributed by atoms with van der Waals surface area (Å²) in [5, 5.41) is 3.01. The number of nitrogens with one attached hydrogen (secondary N) is 1. The minimum Gasteiger partial charge on any atom is -0.493 e. The summed E-state index contributed by atoms with van der Waals surface area (Å²) in [6.07, 6.45) is 0.770. The van der Waals surface area contributed by atoms with Crippen LogP contribution >= 0.6 is 22.6 Å². The largest absolute Gasteiger partial charge is 0.493 e. The Morgan fingerprint density at radius 3 is 3.00 bits per heavy atom. The van der Waals surface area contributed by atoms with Crippen molar-refractivity contribution in [3.8, 4) is 11.5 Å². The molecular weight excluding hydrogens is 393 g/mol. The molecule has 1 unspecified atom stereocenters. The van der Waals surface area contributed by atoms with Gasteiger partial charge >= 0.3 is 0 Å². The summed E-state index contributed by atoms with van der Waals surface area (Å²) < 4.78 is 12.2. The third kappa shape index (κ3) is 3.71. The van der Waals surface area contributed by atoms with Gasteiger partial charge in [0.2, 0.25) is 0 Å². The summed E-state index contributed by atoms with van der Waals surface area (Å²) >= 11 is 2.21. The molecule has 0 radical (unpaired) electrons. The lowest BCUT2D eigenvalue weighted by Gasteiger charge is -2.26. The van der Waals surface area contributed by atoms with Crippen LogP contribution in [0.15, 0.2) is 48.5 Å². The number of halogens is 1. The molecular formula is C17H16INO3. The number of hydrogen-bond donors (Lipinski definition) is 1. The number of ether oxygens (including phenoxy) is 2. The lowest BCUT2D eigenvalue weighted by Crippen LogP contribution is -2.35. The standard InChI is InChI=1S/C17H16INO3/c18-12-4-3-5-13(10-12)22-11-17(20)19-15-8-9-21-16-7-2-1-6-14(15)16/h1-7,10,15H,8-9,11H2,(H,19,20). The van der Waals surface area contributed by atoms with Crippen molar-refractivity contribution in [2.24, 2.45) is 0 Å². The van der Waals surface area contributed by atoms with Gasteiger partial charge in [-0.25, -0.2) is 0 Å². The average Bonchev–Trinajstić information content (AvgIpc) is 2.53. The lowest BCUT2D eigenvalue weighted by atomic mass is 10.0. The smallest absolute Gasteiger partial charge is 0.258 e. The summed E-state index contributed by atoms with van der Waals surface area (Å²) in [4.78, 5) is 12.1. The van der Waals surface area contributed by atoms with Gasteiger partial charge in [0.25, 0.3) is 5.91 Å². The molecule has 0 bridgehead atoms. The van der Waals surface area contributed by atoms with Gasteiger partial charge in [0.05, 0.1) is 12.6 Å². The molecule has 1 atom stereocenters. The van der Waals surface area contributed by atoms with E-state index in [0.717, 1.165) is 21.3 Å². The Hall–Kier alpha value is -1.76. The fraction of sp³-hybridized carbons (Fsp3) is 0.235. The van der Waals surface area contributed by atoms with Crippen molar-refractivity contribution < 1.29 is 14.3 Å². The fourth-order valence-corrected chi connectivity index (χ4v) is 2.95. The SMILES string of the molecule is O=C(COc1cccc(I)c1)NC1CCOc2ccccc21. The Bertz CT molecular complexity index is 674. The minimum absolute atomic E-state index is 0.0135. The molecule has 2 aromatic carbocycles. The van der Waals surface area contributed by atoms with E-state index in [4.69, 9.17) is 9.47 Å². The van der Waals surface area contributed by atoms with E-state index < -0.39 is 0 Å². The molecule has 0 saturated heterocycles. The molecule has 0 saturated carbocycles. The maximum Gasteiger partial charge on any atom is 0.258 e. The predicted molar refractivity (Wildman–Crippen MR) is 92.1 cm³/mol. The molecule has 2 aromatic rings. The molecule has 114 valence electrons. The van der Waals surface area contributed by atoms with Crippen LogP contribution in [0.1, 0.15) is 18.0 Å². The molecule has 4 nitrogen and oxygen atoms in total. The Balaban J connectivity index is 1.59. The van der Waals surface area contributed by atoms with Gasteiger partial charge in [0, 0.05) is 15.6 Å². The molecule has 0 fully saturated rings. The predicted octanol–water partition coefficient (Wildman–Crippen LogP) is 3.31. The van der Waals surface area contributed by atoms with Crippen LogP contribution in [0, 0.1) is 3.57 Å². The third-order valence-corrected chi connectivity index (χ3v) is 4.13. The molecule has 1 amide bonds. The molecule has 22 heavy (non-hydrogen) atoms. The Kier molecular flexibility index (Phi) is 4.82. The summed E-state index contributed by atoms with van der Waals surface area (Å²) in [6.45, 7) is 0.624. The first-order valence-electron chi connectivity index (χ1n) is 7.12. The first-order chi connectivity index (χ1) is 10.7. The maximum atomic E-state index is 12.1. The van der Waals surface area contributed by atoms with Gasteiger partial charge in [-0.1, -0.05) is 24.3 Å². The van der Waals surface area contributed by atoms with Crippen molar-refractivity contribution in [2.75, 3.05) is 13.2 Å². The van der Waals surface area contributed by atoms with Crippen LogP contribution in [0.5, 0.6) is 11.5 Å². The van der Waals surface area contributed by atoms with Crippen molar-refractivity contribution in [2.45, 2.75) is 12.5 Å². The van der Waals surface area contributed by atoms with Gasteiger partial charge in [-0.15, -0.1) is 0 Å². The summed E-state index contributed by atoms with van der Waals surface area (Å²) in [5.74, 6) is 1.42. The van der Waals surface area contributed by atoms with Crippen molar-refractivity contribution in [3.63, 3.8) is 0 Å². The molecule has 0 aromatic heterocycles. The lowest BCUT2D eigenvalue weighted by molar-refractivity contribution is -0.124. The monoisotopic (exact) mass is 409 g/mol. The number of carbonyl (C=O) groups is 1. The number of carbonyl (C=O) groups excluding carboxylic acids is 1. The first-order valence-corrected chi connectivity index (χ1v) is 8.20. The molecule has 1 aliphatic rings. The maximum absolute atomic E-state index is 12.1. The van der Waals surface area contributed by atoms with Gasteiger partial charge in [0.1, 0.15) is 11.5 Å². The third-order valence-electron chi connectivity index (χ3n) is 3.46. The highest BCUT2D eigenvalue weighted by molar-refractivity contribution is 14.1. The molecule has 1 heterocycles. The van der Waals surface area contributed by atoms with Crippen molar-refractivity contribution >= 4 is 28.5 Å². The summed E-state index contributed by atoms with van der Waals surface area (Å²) in [7, 11) is 0. The topological polar surface area (TPSA) is 47.6 Å². The van der Waals surface area contributed by atoms with Gasteiger partial charge in [0.15, 0.2) is 6.61 Å². The quantitative estimate of drug-likeness (QED) is 0.789. The van der Waals surface area contributed by atoms with Crippen molar-refractivity contribution in [1.82, 2.24) is 5.32 Å². The highest BCUT2D eigenvalue weighted by atomic mass is 127. The number of hydrogen-bond acceptors (Lipinski definition) is 3. The fourth-order valence-electron chi connectivity index (χ4n) is 2.43. The zero-order valence-electron chi connectivity index (χ0n) is 11.9. The number of fused-ring (bicyclic) bond motifs is 1. The van der Waals surface area contributed by atoms with E-state index in [2.05, 4.69) is 27.9 Å². The van der Waals surface area contributed by atoms with Gasteiger partial charge < -0.3 is 14.8 Å². The van der Waals surface area contributed by atoms with Crippen LogP contribution in [-0.4, -0.2) is 19.1 Å². The average molecular weight is 409 g/mol. The Labute approximate surface area is 143 Å². The number of amides is 1. The molecule has 1 N–H and O–H groups in total. The molecule has 0 spiro atoms. The van der Waals surface area contributed by atoms with E-state index in [1.54, 1.807) is 0 Å². The second kappa shape index (κ2) is 7.00. The van der Waals surface area contributed by atoms with Gasteiger partial charge in [-0.05, 0) is 46.9 Å². The summed E-state index contributed by atoms with van der Waals surface area (Å²) in [5.41, 5.74) is 1.02. The van der Waals surface area contributed by atoms with E-state index in [9.17, 15) is 4.79 Å². The van der Waals surface area contributed by atoms with Crippen molar-refractivity contribution in [3.05, 3.63) is 57.7 Å². The first kappa shape index (κ1) is 15.1. The van der Waals surface area contributed by atoms with Crippen LogP contribution in [0.4, 0.5) is 0 Å². The minimum atomic E-state index is -0.124. The zero-order chi connectivity index (χ0) is 15.4. The van der Waals surface area contributed by atoms with Gasteiger partial charge in [-0.3, -0.25) is 4.79 Å². The van der Waals surface area contributed by atoms with E-state index in [1.165, 1.54) is 0 Å². The Morgan fingerprint density at radius 1 is 1.27 bits per heavy atom. The van der Waals surface area contributed by atoms with Crippen LogP contribution in [0.25, 0.3) is 0 Å². The molecule has 0 aliphatic carbocycles. The normalized spacial score (nSPS) is 16.3. The van der Waals surface area contributed by atoms with Crippen molar-refractivity contribution in [1.29, 1.82) is 0 Å². The Morgan fingerprint density at radius 2 is 2.14 bits per heavy atom.